The minimum Gasteiger partial charge on any atom is -0.389 e. The molecule has 0 atom stereocenters. The zero-order valence-electron chi connectivity index (χ0n) is 21.7. The number of amides is 1. The largest absolute Gasteiger partial charge is 0.389 e. The predicted molar refractivity (Wildman–Crippen MR) is 147 cm³/mol. The van der Waals surface area contributed by atoms with Crippen LogP contribution in [0.15, 0.2) is 48.7 Å². The molecule has 0 radical (unpaired) electrons. The van der Waals surface area contributed by atoms with Gasteiger partial charge in [-0.25, -0.2) is 0 Å². The highest BCUT2D eigenvalue weighted by atomic mass is 16.3. The summed E-state index contributed by atoms with van der Waals surface area (Å²) >= 11 is 0. The van der Waals surface area contributed by atoms with Crippen LogP contribution in [-0.2, 0) is 6.54 Å². The summed E-state index contributed by atoms with van der Waals surface area (Å²) in [5.41, 5.74) is 4.53. The molecule has 0 unspecified atom stereocenters. The fraction of sp³-hybridized carbons (Fsp3) is 0.419. The molecule has 5 heteroatoms. The molecule has 2 aromatic carbocycles. The van der Waals surface area contributed by atoms with E-state index in [2.05, 4.69) is 42.4 Å². The molecule has 1 saturated carbocycles. The van der Waals surface area contributed by atoms with Crippen molar-refractivity contribution < 1.29 is 9.90 Å². The van der Waals surface area contributed by atoms with E-state index in [1.165, 1.54) is 12.8 Å². The van der Waals surface area contributed by atoms with Crippen molar-refractivity contribution in [3.05, 3.63) is 70.9 Å². The molecule has 36 heavy (non-hydrogen) atoms. The molecule has 4 rings (SSSR count). The number of aliphatic hydroxyl groups is 1. The summed E-state index contributed by atoms with van der Waals surface area (Å²) in [6.45, 7) is 7.42. The van der Waals surface area contributed by atoms with Gasteiger partial charge in [0.05, 0.1) is 11.1 Å². The highest BCUT2D eigenvalue weighted by Crippen LogP contribution is 2.28. The number of hydrogen-bond donors (Lipinski definition) is 3. The van der Waals surface area contributed by atoms with E-state index in [9.17, 15) is 9.90 Å². The minimum atomic E-state index is -0.651. The van der Waals surface area contributed by atoms with Crippen LogP contribution in [0.3, 0.4) is 0 Å². The summed E-state index contributed by atoms with van der Waals surface area (Å²) in [5, 5.41) is 18.3. The van der Waals surface area contributed by atoms with E-state index in [0.29, 0.717) is 24.6 Å². The average molecular weight is 484 g/mol. The van der Waals surface area contributed by atoms with Gasteiger partial charge in [-0.3, -0.25) is 9.78 Å². The van der Waals surface area contributed by atoms with Crippen LogP contribution >= 0.6 is 0 Å². The van der Waals surface area contributed by atoms with Gasteiger partial charge in [0.15, 0.2) is 0 Å². The second-order valence-corrected chi connectivity index (χ2v) is 10.1. The van der Waals surface area contributed by atoms with E-state index in [4.69, 9.17) is 4.98 Å². The quantitative estimate of drug-likeness (QED) is 0.310. The number of aromatic nitrogens is 1. The van der Waals surface area contributed by atoms with E-state index < -0.39 is 5.60 Å². The average Bonchev–Trinajstić information content (AvgIpc) is 3.70. The van der Waals surface area contributed by atoms with Crippen molar-refractivity contribution in [2.24, 2.45) is 5.92 Å². The third kappa shape index (κ3) is 6.72. The van der Waals surface area contributed by atoms with Gasteiger partial charge in [-0.2, -0.15) is 0 Å². The number of nitrogens with one attached hydrogen (secondary N) is 2. The number of anilines is 1. The molecular formula is C31H37N3O2. The van der Waals surface area contributed by atoms with Crippen LogP contribution < -0.4 is 10.6 Å². The van der Waals surface area contributed by atoms with Gasteiger partial charge in [-0.1, -0.05) is 44.6 Å². The molecule has 1 aliphatic carbocycles. The minimum absolute atomic E-state index is 0.147. The van der Waals surface area contributed by atoms with Crippen molar-refractivity contribution in [3.63, 3.8) is 0 Å². The monoisotopic (exact) mass is 483 g/mol. The van der Waals surface area contributed by atoms with Gasteiger partial charge in [0, 0.05) is 47.4 Å². The second kappa shape index (κ2) is 11.7. The molecular weight excluding hydrogens is 446 g/mol. The number of pyridine rings is 1. The lowest BCUT2D eigenvalue weighted by Crippen LogP contribution is -2.40. The maximum atomic E-state index is 12.8. The molecule has 0 bridgehead atoms. The lowest BCUT2D eigenvalue weighted by atomic mass is 9.92. The third-order valence-electron chi connectivity index (χ3n) is 6.77. The number of nitrogens with zero attached hydrogens (tertiary/aromatic N) is 1. The van der Waals surface area contributed by atoms with Crippen molar-refractivity contribution in [2.75, 3.05) is 11.9 Å². The van der Waals surface area contributed by atoms with E-state index in [0.717, 1.165) is 59.0 Å². The highest BCUT2D eigenvalue weighted by Gasteiger charge is 2.24. The number of hydrogen-bond acceptors (Lipinski definition) is 4. The first-order chi connectivity index (χ1) is 17.4. The highest BCUT2D eigenvalue weighted by molar-refractivity contribution is 6.06. The first kappa shape index (κ1) is 25.9. The SMILES string of the molecule is CCCC(O)(CCC)CNCc1cnc2c(C)c(NC(=O)c3ccc(C#CC4CC4)cc3)ccc2c1. The Kier molecular flexibility index (Phi) is 8.40. The second-order valence-electron chi connectivity index (χ2n) is 10.1. The molecule has 1 heterocycles. The maximum absolute atomic E-state index is 12.8. The van der Waals surface area contributed by atoms with Gasteiger partial charge in [-0.15, -0.1) is 0 Å². The molecule has 0 aliphatic heterocycles. The van der Waals surface area contributed by atoms with Crippen molar-refractivity contribution in [1.82, 2.24) is 10.3 Å². The summed E-state index contributed by atoms with van der Waals surface area (Å²) in [6, 6.07) is 13.5. The van der Waals surface area contributed by atoms with Crippen LogP contribution in [0.2, 0.25) is 0 Å². The van der Waals surface area contributed by atoms with Crippen molar-refractivity contribution >= 4 is 22.5 Å². The fourth-order valence-corrected chi connectivity index (χ4v) is 4.61. The van der Waals surface area contributed by atoms with E-state index in [1.807, 2.05) is 49.5 Å². The van der Waals surface area contributed by atoms with E-state index in [-0.39, 0.29) is 5.91 Å². The molecule has 1 fully saturated rings. The van der Waals surface area contributed by atoms with Crippen LogP contribution in [0.25, 0.3) is 10.9 Å². The number of aryl methyl sites for hydroxylation is 1. The molecule has 3 N–H and O–H groups in total. The Morgan fingerprint density at radius 1 is 1.11 bits per heavy atom. The van der Waals surface area contributed by atoms with Gasteiger partial charge in [0.25, 0.3) is 5.91 Å². The topological polar surface area (TPSA) is 74.2 Å². The van der Waals surface area contributed by atoms with Crippen molar-refractivity contribution in [3.8, 4) is 11.8 Å². The van der Waals surface area contributed by atoms with Gasteiger partial charge in [0.2, 0.25) is 0 Å². The van der Waals surface area contributed by atoms with Gasteiger partial charge in [-0.05, 0) is 80.1 Å². The maximum Gasteiger partial charge on any atom is 0.255 e. The zero-order chi connectivity index (χ0) is 25.5. The summed E-state index contributed by atoms with van der Waals surface area (Å²) in [6.07, 6.45) is 7.81. The molecule has 1 amide bonds. The Morgan fingerprint density at radius 3 is 2.50 bits per heavy atom. The van der Waals surface area contributed by atoms with Crippen LogP contribution in [0, 0.1) is 24.7 Å². The fourth-order valence-electron chi connectivity index (χ4n) is 4.61. The van der Waals surface area contributed by atoms with Crippen LogP contribution in [0.1, 0.15) is 79.4 Å². The third-order valence-corrected chi connectivity index (χ3v) is 6.77. The van der Waals surface area contributed by atoms with Gasteiger partial charge >= 0.3 is 0 Å². The molecule has 0 saturated heterocycles. The predicted octanol–water partition coefficient (Wildman–Crippen LogP) is 5.98. The Labute approximate surface area is 214 Å². The molecule has 5 nitrogen and oxygen atoms in total. The molecule has 1 aliphatic rings. The standard InChI is InChI=1S/C31H37N3O2/c1-4-16-31(36,17-5-2)21-32-19-25-18-27-14-15-28(22(3)29(27)33-20-25)34-30(35)26-12-10-24(11-13-26)9-8-23-6-7-23/h10-15,18,20,23,32,36H,4-7,16-17,19,21H2,1-3H3,(H,34,35). The van der Waals surface area contributed by atoms with Gasteiger partial charge < -0.3 is 15.7 Å². The lowest BCUT2D eigenvalue weighted by molar-refractivity contribution is 0.0215. The molecule has 188 valence electrons. The molecule has 0 spiro atoms. The molecule has 1 aromatic heterocycles. The van der Waals surface area contributed by atoms with Crippen LogP contribution in [0.4, 0.5) is 5.69 Å². The Hall–Kier alpha value is -3.20. The summed E-state index contributed by atoms with van der Waals surface area (Å²) < 4.78 is 0. The smallest absolute Gasteiger partial charge is 0.255 e. The van der Waals surface area contributed by atoms with Gasteiger partial charge in [0.1, 0.15) is 0 Å². The first-order valence-electron chi connectivity index (χ1n) is 13.1. The number of fused-ring (bicyclic) bond motifs is 1. The van der Waals surface area contributed by atoms with Crippen molar-refractivity contribution in [2.45, 2.75) is 71.4 Å². The van der Waals surface area contributed by atoms with Crippen molar-refractivity contribution in [1.29, 1.82) is 0 Å². The number of carbonyl (C=O) groups excluding carboxylic acids is 1. The number of benzene rings is 2. The Morgan fingerprint density at radius 2 is 1.83 bits per heavy atom. The summed E-state index contributed by atoms with van der Waals surface area (Å²) in [7, 11) is 0. The molecule has 3 aromatic rings. The Balaban J connectivity index is 1.40. The van der Waals surface area contributed by atoms with Crippen LogP contribution in [0.5, 0.6) is 0 Å². The lowest BCUT2D eigenvalue weighted by Gasteiger charge is -2.28. The first-order valence-corrected chi connectivity index (χ1v) is 13.1. The summed E-state index contributed by atoms with van der Waals surface area (Å²) in [4.78, 5) is 17.5. The van der Waals surface area contributed by atoms with Crippen LogP contribution in [-0.4, -0.2) is 28.1 Å². The number of carbonyl (C=O) groups is 1. The van der Waals surface area contributed by atoms with E-state index in [1.54, 1.807) is 0 Å². The van der Waals surface area contributed by atoms with E-state index >= 15 is 0 Å². The zero-order valence-corrected chi connectivity index (χ0v) is 21.7. The summed E-state index contributed by atoms with van der Waals surface area (Å²) in [5.74, 6) is 6.84. The normalized spacial score (nSPS) is 13.3. The number of rotatable bonds is 10. The Bertz CT molecular complexity index is 1260.